The first-order chi connectivity index (χ1) is 15.4. The van der Waals surface area contributed by atoms with Gasteiger partial charge in [-0.2, -0.15) is 4.31 Å². The molecule has 0 radical (unpaired) electrons. The summed E-state index contributed by atoms with van der Waals surface area (Å²) in [7, 11) is -3.68. The van der Waals surface area contributed by atoms with E-state index in [0.717, 1.165) is 5.56 Å². The zero-order valence-electron chi connectivity index (χ0n) is 19.9. The smallest absolute Gasteiger partial charge is 0.410 e. The number of rotatable bonds is 6. The second-order valence-electron chi connectivity index (χ2n) is 9.97. The van der Waals surface area contributed by atoms with Gasteiger partial charge in [0, 0.05) is 24.7 Å². The summed E-state index contributed by atoms with van der Waals surface area (Å²) in [6.45, 7) is 11.8. The Balaban J connectivity index is 1.65. The van der Waals surface area contributed by atoms with Gasteiger partial charge < -0.3 is 15.0 Å². The van der Waals surface area contributed by atoms with E-state index in [9.17, 15) is 18.0 Å². The number of likely N-dealkylation sites (tertiary alicyclic amines) is 1. The monoisotopic (exact) mass is 477 g/mol. The van der Waals surface area contributed by atoms with Crippen LogP contribution in [-0.2, 0) is 26.2 Å². The number of carbonyl (C=O) groups is 2. The van der Waals surface area contributed by atoms with E-state index >= 15 is 0 Å². The van der Waals surface area contributed by atoms with Crippen LogP contribution in [0.3, 0.4) is 0 Å². The highest BCUT2D eigenvalue weighted by Gasteiger charge is 2.58. The summed E-state index contributed by atoms with van der Waals surface area (Å²) in [6, 6.07) is 9.10. The molecule has 182 valence electrons. The quantitative estimate of drug-likeness (QED) is 0.636. The molecule has 1 aromatic carbocycles. The van der Waals surface area contributed by atoms with Gasteiger partial charge in [-0.05, 0) is 58.6 Å². The van der Waals surface area contributed by atoms with Gasteiger partial charge in [0.1, 0.15) is 6.61 Å². The van der Waals surface area contributed by atoms with Crippen LogP contribution in [0.1, 0.15) is 52.5 Å². The van der Waals surface area contributed by atoms with Crippen LogP contribution in [0.4, 0.5) is 4.79 Å². The molecule has 1 atom stereocenters. The van der Waals surface area contributed by atoms with Crippen LogP contribution >= 0.6 is 0 Å². The fraction of sp³-hybridized carbons (Fsp3) is 0.583. The molecule has 2 aliphatic rings. The fourth-order valence-corrected chi connectivity index (χ4v) is 7.83. The summed E-state index contributed by atoms with van der Waals surface area (Å²) < 4.78 is 34.5. The number of piperidine rings is 1. The molecule has 0 aromatic heterocycles. The first-order valence-electron chi connectivity index (χ1n) is 11.3. The lowest BCUT2D eigenvalue weighted by atomic mass is 9.94. The lowest BCUT2D eigenvalue weighted by Gasteiger charge is -2.43. The van der Waals surface area contributed by atoms with Crippen molar-refractivity contribution >= 4 is 22.0 Å². The third kappa shape index (κ3) is 5.24. The molecule has 0 spiro atoms. The molecule has 2 aliphatic heterocycles. The van der Waals surface area contributed by atoms with Crippen molar-refractivity contribution in [3.05, 3.63) is 48.6 Å². The molecule has 2 amide bonds. The maximum atomic E-state index is 13.8. The van der Waals surface area contributed by atoms with Crippen LogP contribution in [0, 0.1) is 0 Å². The second-order valence-corrected chi connectivity index (χ2v) is 12.0. The van der Waals surface area contributed by atoms with Crippen LogP contribution in [0.25, 0.3) is 0 Å². The van der Waals surface area contributed by atoms with Crippen LogP contribution in [0.15, 0.2) is 43.0 Å². The van der Waals surface area contributed by atoms with Crippen LogP contribution in [0.2, 0.25) is 0 Å². The molecule has 0 aliphatic carbocycles. The molecule has 2 heterocycles. The van der Waals surface area contributed by atoms with E-state index in [-0.39, 0.29) is 18.6 Å². The number of benzene rings is 1. The Labute approximate surface area is 197 Å². The third-order valence-corrected chi connectivity index (χ3v) is 9.50. The molecule has 2 saturated heterocycles. The Bertz CT molecular complexity index is 983. The van der Waals surface area contributed by atoms with Crippen molar-refractivity contribution in [2.45, 2.75) is 75.9 Å². The Morgan fingerprint density at radius 3 is 2.33 bits per heavy atom. The number of hydrogen-bond acceptors (Lipinski definition) is 5. The molecule has 1 unspecified atom stereocenters. The predicted octanol–water partition coefficient (Wildman–Crippen LogP) is 3.05. The first-order valence-corrected chi connectivity index (χ1v) is 12.8. The molecular weight excluding hydrogens is 442 g/mol. The number of carbonyl (C=O) groups excluding carboxylic acids is 2. The van der Waals surface area contributed by atoms with Gasteiger partial charge in [-0.3, -0.25) is 4.79 Å². The van der Waals surface area contributed by atoms with E-state index in [2.05, 4.69) is 11.9 Å². The average Bonchev–Trinajstić information content (AvgIpc) is 2.95. The van der Waals surface area contributed by atoms with Gasteiger partial charge in [-0.25, -0.2) is 13.2 Å². The Hall–Kier alpha value is -2.39. The van der Waals surface area contributed by atoms with Crippen molar-refractivity contribution < 1.29 is 22.7 Å². The van der Waals surface area contributed by atoms with E-state index in [0.29, 0.717) is 32.4 Å². The number of sulfonamides is 1. The summed E-state index contributed by atoms with van der Waals surface area (Å²) in [5, 5.41) is 2.30. The van der Waals surface area contributed by atoms with Gasteiger partial charge in [-0.15, -0.1) is 0 Å². The Morgan fingerprint density at radius 1 is 1.15 bits per heavy atom. The summed E-state index contributed by atoms with van der Waals surface area (Å²) in [5.74, 6) is -0.314. The number of ether oxygens (including phenoxy) is 1. The third-order valence-electron chi connectivity index (χ3n) is 6.71. The van der Waals surface area contributed by atoms with E-state index in [1.807, 2.05) is 58.0 Å². The van der Waals surface area contributed by atoms with Crippen molar-refractivity contribution in [1.29, 1.82) is 0 Å². The molecule has 3 rings (SSSR count). The number of amides is 2. The molecule has 8 nitrogen and oxygen atoms in total. The minimum absolute atomic E-state index is 0.186. The fourth-order valence-electron chi connectivity index (χ4n) is 5.18. The van der Waals surface area contributed by atoms with Gasteiger partial charge in [-0.1, -0.05) is 36.9 Å². The largest absolute Gasteiger partial charge is 0.445 e. The van der Waals surface area contributed by atoms with E-state index < -0.39 is 32.4 Å². The van der Waals surface area contributed by atoms with E-state index in [4.69, 9.17) is 4.74 Å². The van der Waals surface area contributed by atoms with Gasteiger partial charge >= 0.3 is 6.09 Å². The lowest BCUT2D eigenvalue weighted by Crippen LogP contribution is -2.59. The zero-order chi connectivity index (χ0) is 24.4. The lowest BCUT2D eigenvalue weighted by molar-refractivity contribution is -0.117. The van der Waals surface area contributed by atoms with Gasteiger partial charge in [0.05, 0.1) is 10.8 Å². The molecule has 33 heavy (non-hydrogen) atoms. The summed E-state index contributed by atoms with van der Waals surface area (Å²) in [5.41, 5.74) is -0.556. The molecule has 2 fully saturated rings. The standard InChI is InChI=1S/C24H35N3O5S/c1-6-21(28)25-20-16-23(2,3)27(24(20,4)5)33(30,31)19-12-14-26(15-13-19)22(29)32-17-18-10-8-7-9-11-18/h6-11,19-20H,1,12-17H2,2-5H3,(H,25,28). The minimum Gasteiger partial charge on any atom is -0.445 e. The SMILES string of the molecule is C=CC(=O)NC1CC(C)(C)N(S(=O)(=O)C2CCN(C(=O)OCc3ccccc3)CC2)C1(C)C. The van der Waals surface area contributed by atoms with Crippen molar-refractivity contribution in [3.63, 3.8) is 0 Å². The zero-order valence-corrected chi connectivity index (χ0v) is 20.7. The maximum absolute atomic E-state index is 13.8. The highest BCUT2D eigenvalue weighted by molar-refractivity contribution is 7.89. The summed E-state index contributed by atoms with van der Waals surface area (Å²) in [6.07, 6.45) is 1.96. The normalized spacial score (nSPS) is 23.2. The molecular formula is C24H35N3O5S. The topological polar surface area (TPSA) is 96.0 Å². The number of nitrogens with zero attached hydrogens (tertiary/aromatic N) is 2. The van der Waals surface area contributed by atoms with Crippen LogP contribution in [-0.4, -0.2) is 65.1 Å². The summed E-state index contributed by atoms with van der Waals surface area (Å²) >= 11 is 0. The maximum Gasteiger partial charge on any atom is 0.410 e. The van der Waals surface area contributed by atoms with E-state index in [1.165, 1.54) is 6.08 Å². The van der Waals surface area contributed by atoms with Crippen LogP contribution < -0.4 is 5.32 Å². The van der Waals surface area contributed by atoms with Crippen LogP contribution in [0.5, 0.6) is 0 Å². The number of hydrogen-bond donors (Lipinski definition) is 1. The Morgan fingerprint density at radius 2 is 1.76 bits per heavy atom. The predicted molar refractivity (Wildman–Crippen MR) is 127 cm³/mol. The molecule has 0 bridgehead atoms. The molecule has 0 saturated carbocycles. The van der Waals surface area contributed by atoms with Crippen molar-refractivity contribution in [2.24, 2.45) is 0 Å². The van der Waals surface area contributed by atoms with Crippen molar-refractivity contribution in [2.75, 3.05) is 13.1 Å². The van der Waals surface area contributed by atoms with Gasteiger partial charge in [0.25, 0.3) is 0 Å². The van der Waals surface area contributed by atoms with Gasteiger partial charge in [0.15, 0.2) is 0 Å². The Kier molecular flexibility index (Phi) is 7.24. The van der Waals surface area contributed by atoms with Gasteiger partial charge in [0.2, 0.25) is 15.9 Å². The highest BCUT2D eigenvalue weighted by atomic mass is 32.2. The number of nitrogens with one attached hydrogen (secondary N) is 1. The molecule has 1 aromatic rings. The second kappa shape index (κ2) is 9.46. The molecule has 9 heteroatoms. The first kappa shape index (κ1) is 25.2. The highest BCUT2D eigenvalue weighted by Crippen LogP contribution is 2.45. The minimum atomic E-state index is -3.68. The molecule has 1 N–H and O–H groups in total. The summed E-state index contributed by atoms with van der Waals surface area (Å²) in [4.78, 5) is 26.0. The average molecular weight is 478 g/mol. The van der Waals surface area contributed by atoms with E-state index in [1.54, 1.807) is 9.21 Å². The van der Waals surface area contributed by atoms with Crippen molar-refractivity contribution in [3.8, 4) is 0 Å². The van der Waals surface area contributed by atoms with Crippen molar-refractivity contribution in [1.82, 2.24) is 14.5 Å².